The molecule has 1 unspecified atom stereocenters. The molecule has 10 heteroatoms. The van der Waals surface area contributed by atoms with Crippen LogP contribution in [-0.2, 0) is 12.6 Å². The number of nitrogens with zero attached hydrogens (tertiary/aromatic N) is 3. The maximum Gasteiger partial charge on any atom is 0.415 e. The molecule has 6 nitrogen and oxygen atoms in total. The van der Waals surface area contributed by atoms with Crippen molar-refractivity contribution >= 4 is 12.0 Å². The van der Waals surface area contributed by atoms with Crippen molar-refractivity contribution in [2.75, 3.05) is 5.32 Å². The SMILES string of the molecule is Cn1cnc(NC(=O)NC(C)(c2ccc(F)cc2)C(F)(F)F)n1. The number of hydrogen-bond donors (Lipinski definition) is 2. The zero-order valence-electron chi connectivity index (χ0n) is 12.1. The van der Waals surface area contributed by atoms with Crippen molar-refractivity contribution in [3.8, 4) is 0 Å². The van der Waals surface area contributed by atoms with Crippen LogP contribution in [-0.4, -0.2) is 27.0 Å². The molecule has 1 aromatic carbocycles. The maximum atomic E-state index is 13.4. The topological polar surface area (TPSA) is 71.8 Å². The molecule has 0 fully saturated rings. The smallest absolute Gasteiger partial charge is 0.320 e. The molecule has 1 atom stereocenters. The molecule has 124 valence electrons. The highest BCUT2D eigenvalue weighted by molar-refractivity contribution is 5.88. The fourth-order valence-corrected chi connectivity index (χ4v) is 1.85. The van der Waals surface area contributed by atoms with E-state index in [-0.39, 0.29) is 11.5 Å². The summed E-state index contributed by atoms with van der Waals surface area (Å²) in [7, 11) is 1.54. The van der Waals surface area contributed by atoms with Crippen molar-refractivity contribution in [2.45, 2.75) is 18.6 Å². The standard InChI is InChI=1S/C13H13F4N5O/c1-12(13(15,16)17,8-3-5-9(14)6-4-8)20-11(23)19-10-18-7-22(2)21-10/h3-7H,1-2H3,(H2,19,20,21,23). The van der Waals surface area contributed by atoms with E-state index in [0.29, 0.717) is 0 Å². The lowest BCUT2D eigenvalue weighted by Gasteiger charge is -2.33. The highest BCUT2D eigenvalue weighted by Gasteiger charge is 2.53. The molecule has 2 aromatic rings. The Balaban J connectivity index is 2.25. The van der Waals surface area contributed by atoms with Crippen LogP contribution >= 0.6 is 0 Å². The van der Waals surface area contributed by atoms with Gasteiger partial charge in [0.15, 0.2) is 5.54 Å². The summed E-state index contributed by atoms with van der Waals surface area (Å²) in [5.41, 5.74) is -3.02. The van der Waals surface area contributed by atoms with Crippen LogP contribution in [0.2, 0.25) is 0 Å². The van der Waals surface area contributed by atoms with Gasteiger partial charge in [0.05, 0.1) is 0 Å². The second-order valence-electron chi connectivity index (χ2n) is 4.95. The fraction of sp³-hybridized carbons (Fsp3) is 0.308. The van der Waals surface area contributed by atoms with E-state index in [0.717, 1.165) is 31.2 Å². The molecule has 0 radical (unpaired) electrons. The van der Waals surface area contributed by atoms with Gasteiger partial charge in [-0.3, -0.25) is 10.00 Å². The van der Waals surface area contributed by atoms with Crippen LogP contribution in [0.3, 0.4) is 0 Å². The molecule has 0 saturated carbocycles. The van der Waals surface area contributed by atoms with Crippen molar-refractivity contribution in [1.29, 1.82) is 0 Å². The summed E-state index contributed by atoms with van der Waals surface area (Å²) in [6, 6.07) is 2.56. The molecule has 0 bridgehead atoms. The van der Waals surface area contributed by atoms with Crippen LogP contribution in [0.1, 0.15) is 12.5 Å². The van der Waals surface area contributed by atoms with E-state index < -0.39 is 23.6 Å². The minimum Gasteiger partial charge on any atom is -0.320 e. The highest BCUT2D eigenvalue weighted by atomic mass is 19.4. The summed E-state index contributed by atoms with van der Waals surface area (Å²) in [6.45, 7) is 0.783. The van der Waals surface area contributed by atoms with Crippen LogP contribution < -0.4 is 10.6 Å². The molecule has 2 N–H and O–H groups in total. The molecule has 0 aliphatic carbocycles. The number of carbonyl (C=O) groups is 1. The number of halogens is 4. The Kier molecular flexibility index (Phi) is 4.26. The lowest BCUT2D eigenvalue weighted by Crippen LogP contribution is -2.55. The van der Waals surface area contributed by atoms with E-state index in [1.165, 1.54) is 18.1 Å². The van der Waals surface area contributed by atoms with Crippen molar-refractivity contribution in [3.05, 3.63) is 42.0 Å². The highest BCUT2D eigenvalue weighted by Crippen LogP contribution is 2.38. The molecule has 1 aromatic heterocycles. The number of aromatic nitrogens is 3. The zero-order valence-corrected chi connectivity index (χ0v) is 12.1. The molecular weight excluding hydrogens is 318 g/mol. The first-order valence-corrected chi connectivity index (χ1v) is 6.39. The van der Waals surface area contributed by atoms with Gasteiger partial charge in [-0.1, -0.05) is 12.1 Å². The predicted molar refractivity (Wildman–Crippen MR) is 73.0 cm³/mol. The van der Waals surface area contributed by atoms with Gasteiger partial charge in [0.2, 0.25) is 5.95 Å². The molecule has 0 aliphatic heterocycles. The number of carbonyl (C=O) groups excluding carboxylic acids is 1. The Morgan fingerprint density at radius 3 is 2.30 bits per heavy atom. The van der Waals surface area contributed by atoms with E-state index in [1.54, 1.807) is 0 Å². The number of nitrogens with one attached hydrogen (secondary N) is 2. The zero-order chi connectivity index (χ0) is 17.3. The van der Waals surface area contributed by atoms with Gasteiger partial charge in [-0.25, -0.2) is 14.2 Å². The molecule has 23 heavy (non-hydrogen) atoms. The normalized spacial score (nSPS) is 14.2. The molecular formula is C13H13F4N5O. The molecule has 1 heterocycles. The first kappa shape index (κ1) is 16.7. The van der Waals surface area contributed by atoms with E-state index in [1.807, 2.05) is 5.32 Å². The Morgan fingerprint density at radius 2 is 1.83 bits per heavy atom. The van der Waals surface area contributed by atoms with Gasteiger partial charge < -0.3 is 5.32 Å². The monoisotopic (exact) mass is 331 g/mol. The Labute approximate surface area is 128 Å². The van der Waals surface area contributed by atoms with Crippen LogP contribution in [0, 0.1) is 5.82 Å². The summed E-state index contributed by atoms with van der Waals surface area (Å²) in [6.07, 6.45) is -3.53. The van der Waals surface area contributed by atoms with Gasteiger partial charge in [0.1, 0.15) is 12.1 Å². The molecule has 0 spiro atoms. The summed E-state index contributed by atoms with van der Waals surface area (Å²) >= 11 is 0. The third-order valence-electron chi connectivity index (χ3n) is 3.18. The number of hydrogen-bond acceptors (Lipinski definition) is 3. The lowest BCUT2D eigenvalue weighted by atomic mass is 9.91. The van der Waals surface area contributed by atoms with Gasteiger partial charge in [-0.2, -0.15) is 13.2 Å². The summed E-state index contributed by atoms with van der Waals surface area (Å²) in [4.78, 5) is 15.5. The third-order valence-corrected chi connectivity index (χ3v) is 3.18. The Morgan fingerprint density at radius 1 is 1.22 bits per heavy atom. The predicted octanol–water partition coefficient (Wildman–Crippen LogP) is 2.55. The van der Waals surface area contributed by atoms with Gasteiger partial charge in [0, 0.05) is 7.05 Å². The van der Waals surface area contributed by atoms with Crippen molar-refractivity contribution in [1.82, 2.24) is 20.1 Å². The number of amides is 2. The van der Waals surface area contributed by atoms with E-state index in [2.05, 4.69) is 15.4 Å². The van der Waals surface area contributed by atoms with Crippen LogP contribution in [0.15, 0.2) is 30.6 Å². The minimum absolute atomic E-state index is 0.145. The first-order chi connectivity index (χ1) is 10.6. The minimum atomic E-state index is -4.81. The second-order valence-corrected chi connectivity index (χ2v) is 4.95. The average molecular weight is 331 g/mol. The van der Waals surface area contributed by atoms with Gasteiger partial charge in [0.25, 0.3) is 0 Å². The maximum absolute atomic E-state index is 13.4. The fourth-order valence-electron chi connectivity index (χ4n) is 1.85. The summed E-state index contributed by atoms with van der Waals surface area (Å²) in [5, 5.41) is 7.67. The molecule has 2 amide bonds. The van der Waals surface area contributed by atoms with E-state index >= 15 is 0 Å². The number of aryl methyl sites for hydroxylation is 1. The van der Waals surface area contributed by atoms with Crippen LogP contribution in [0.4, 0.5) is 28.3 Å². The third kappa shape index (κ3) is 3.58. The lowest BCUT2D eigenvalue weighted by molar-refractivity contribution is -0.191. The quantitative estimate of drug-likeness (QED) is 0.849. The van der Waals surface area contributed by atoms with Crippen molar-refractivity contribution in [3.63, 3.8) is 0 Å². The average Bonchev–Trinajstić information content (AvgIpc) is 2.83. The number of anilines is 1. The van der Waals surface area contributed by atoms with E-state index in [4.69, 9.17) is 0 Å². The van der Waals surface area contributed by atoms with Gasteiger partial charge in [-0.15, -0.1) is 5.10 Å². The Bertz CT molecular complexity index is 697. The van der Waals surface area contributed by atoms with Gasteiger partial charge in [-0.05, 0) is 24.6 Å². The number of rotatable bonds is 3. The molecule has 2 rings (SSSR count). The number of alkyl halides is 3. The first-order valence-electron chi connectivity index (χ1n) is 6.39. The van der Waals surface area contributed by atoms with Crippen molar-refractivity contribution < 1.29 is 22.4 Å². The molecule has 0 saturated heterocycles. The van der Waals surface area contributed by atoms with Crippen LogP contribution in [0.25, 0.3) is 0 Å². The van der Waals surface area contributed by atoms with Crippen molar-refractivity contribution in [2.24, 2.45) is 7.05 Å². The molecule has 0 aliphatic rings. The number of urea groups is 1. The summed E-state index contributed by atoms with van der Waals surface area (Å²) < 4.78 is 54.5. The summed E-state index contributed by atoms with van der Waals surface area (Å²) in [5.74, 6) is -0.825. The Hall–Kier alpha value is -2.65. The number of benzene rings is 1. The van der Waals surface area contributed by atoms with Gasteiger partial charge >= 0.3 is 12.2 Å². The second kappa shape index (κ2) is 5.86. The van der Waals surface area contributed by atoms with E-state index in [9.17, 15) is 22.4 Å². The largest absolute Gasteiger partial charge is 0.415 e. The van der Waals surface area contributed by atoms with Crippen LogP contribution in [0.5, 0.6) is 0 Å².